The lowest BCUT2D eigenvalue weighted by Crippen LogP contribution is -2.49. The Morgan fingerprint density at radius 3 is 2.57 bits per heavy atom. The summed E-state index contributed by atoms with van der Waals surface area (Å²) >= 11 is 0. The topological polar surface area (TPSA) is 61.4 Å². The fraction of sp³-hybridized carbons (Fsp3) is 0.667. The summed E-state index contributed by atoms with van der Waals surface area (Å²) in [7, 11) is 0. The second kappa shape index (κ2) is 6.28. The standard InChI is InChI=1S/C15H23N5O/c1-2-16-13-5-6-14(18-17-13)19-7-9-20(10-8-19)15(21)11-12-3-4-12/h5-6,12H,2-4,7-11H2,1H3,(H,16,17). The summed E-state index contributed by atoms with van der Waals surface area (Å²) in [6.45, 7) is 6.14. The second-order valence-electron chi connectivity index (χ2n) is 5.82. The van der Waals surface area contributed by atoms with Crippen molar-refractivity contribution in [2.24, 2.45) is 5.92 Å². The first-order valence-electron chi connectivity index (χ1n) is 7.86. The van der Waals surface area contributed by atoms with E-state index in [9.17, 15) is 4.79 Å². The number of nitrogens with one attached hydrogen (secondary N) is 1. The summed E-state index contributed by atoms with van der Waals surface area (Å²) in [5.41, 5.74) is 0. The van der Waals surface area contributed by atoms with Gasteiger partial charge in [-0.2, -0.15) is 0 Å². The number of hydrogen-bond donors (Lipinski definition) is 1. The van der Waals surface area contributed by atoms with Crippen LogP contribution in [0.1, 0.15) is 26.2 Å². The van der Waals surface area contributed by atoms with Crippen molar-refractivity contribution in [3.63, 3.8) is 0 Å². The monoisotopic (exact) mass is 289 g/mol. The van der Waals surface area contributed by atoms with E-state index in [1.807, 2.05) is 24.0 Å². The smallest absolute Gasteiger partial charge is 0.222 e. The predicted octanol–water partition coefficient (Wildman–Crippen LogP) is 1.36. The van der Waals surface area contributed by atoms with Crippen molar-refractivity contribution in [2.75, 3.05) is 42.9 Å². The molecule has 21 heavy (non-hydrogen) atoms. The molecular formula is C15H23N5O. The van der Waals surface area contributed by atoms with Crippen molar-refractivity contribution < 1.29 is 4.79 Å². The fourth-order valence-electron chi connectivity index (χ4n) is 2.65. The number of amides is 1. The summed E-state index contributed by atoms with van der Waals surface area (Å²) in [5.74, 6) is 2.69. The van der Waals surface area contributed by atoms with Crippen LogP contribution >= 0.6 is 0 Å². The van der Waals surface area contributed by atoms with Crippen LogP contribution in [0.25, 0.3) is 0 Å². The van der Waals surface area contributed by atoms with E-state index in [2.05, 4.69) is 20.4 Å². The fourth-order valence-corrected chi connectivity index (χ4v) is 2.65. The van der Waals surface area contributed by atoms with Crippen molar-refractivity contribution in [1.29, 1.82) is 0 Å². The third-order valence-electron chi connectivity index (χ3n) is 4.12. The predicted molar refractivity (Wildman–Crippen MR) is 82.3 cm³/mol. The highest BCUT2D eigenvalue weighted by molar-refractivity contribution is 5.77. The largest absolute Gasteiger partial charge is 0.369 e. The maximum Gasteiger partial charge on any atom is 0.222 e. The highest BCUT2D eigenvalue weighted by Crippen LogP contribution is 2.33. The molecule has 114 valence electrons. The highest BCUT2D eigenvalue weighted by atomic mass is 16.2. The Labute approximate surface area is 125 Å². The number of carbonyl (C=O) groups is 1. The molecule has 2 aliphatic rings. The molecule has 1 saturated heterocycles. The minimum Gasteiger partial charge on any atom is -0.369 e. The van der Waals surface area contributed by atoms with Gasteiger partial charge in [-0.3, -0.25) is 4.79 Å². The van der Waals surface area contributed by atoms with Gasteiger partial charge >= 0.3 is 0 Å². The summed E-state index contributed by atoms with van der Waals surface area (Å²) in [5, 5.41) is 11.6. The third kappa shape index (κ3) is 3.62. The molecule has 1 N–H and O–H groups in total. The van der Waals surface area contributed by atoms with Crippen LogP contribution in [0.5, 0.6) is 0 Å². The van der Waals surface area contributed by atoms with Gasteiger partial charge in [-0.25, -0.2) is 0 Å². The number of aromatic nitrogens is 2. The molecule has 2 fully saturated rings. The van der Waals surface area contributed by atoms with E-state index >= 15 is 0 Å². The maximum atomic E-state index is 12.1. The average molecular weight is 289 g/mol. The SMILES string of the molecule is CCNc1ccc(N2CCN(C(=O)CC3CC3)CC2)nn1. The van der Waals surface area contributed by atoms with Crippen LogP contribution in [0, 0.1) is 5.92 Å². The Bertz CT molecular complexity index is 477. The van der Waals surface area contributed by atoms with Crippen molar-refractivity contribution in [2.45, 2.75) is 26.2 Å². The number of carbonyl (C=O) groups excluding carboxylic acids is 1. The zero-order valence-corrected chi connectivity index (χ0v) is 12.6. The summed E-state index contributed by atoms with van der Waals surface area (Å²) in [6.07, 6.45) is 3.22. The minimum atomic E-state index is 0.325. The summed E-state index contributed by atoms with van der Waals surface area (Å²) < 4.78 is 0. The lowest BCUT2D eigenvalue weighted by Gasteiger charge is -2.35. The number of nitrogens with zero attached hydrogens (tertiary/aromatic N) is 4. The second-order valence-corrected chi connectivity index (χ2v) is 5.82. The van der Waals surface area contributed by atoms with Gasteiger partial charge in [-0.05, 0) is 37.8 Å². The van der Waals surface area contributed by atoms with Gasteiger partial charge in [0.25, 0.3) is 0 Å². The molecule has 0 unspecified atom stereocenters. The Kier molecular flexibility index (Phi) is 4.22. The first kappa shape index (κ1) is 14.1. The Balaban J connectivity index is 1.51. The molecule has 0 spiro atoms. The van der Waals surface area contributed by atoms with Gasteiger partial charge < -0.3 is 15.1 Å². The molecule has 0 atom stereocenters. The number of rotatable bonds is 5. The van der Waals surface area contributed by atoms with Gasteiger partial charge in [-0.15, -0.1) is 10.2 Å². The quantitative estimate of drug-likeness (QED) is 0.887. The molecule has 0 aromatic carbocycles. The van der Waals surface area contributed by atoms with Gasteiger partial charge in [0.05, 0.1) is 0 Å². The lowest BCUT2D eigenvalue weighted by molar-refractivity contribution is -0.131. The first-order chi connectivity index (χ1) is 10.3. The highest BCUT2D eigenvalue weighted by Gasteiger charge is 2.28. The zero-order chi connectivity index (χ0) is 14.7. The minimum absolute atomic E-state index is 0.325. The van der Waals surface area contributed by atoms with Crippen molar-refractivity contribution in [3.8, 4) is 0 Å². The van der Waals surface area contributed by atoms with E-state index in [-0.39, 0.29) is 0 Å². The molecule has 0 radical (unpaired) electrons. The van der Waals surface area contributed by atoms with Gasteiger partial charge in [-0.1, -0.05) is 0 Å². The van der Waals surface area contributed by atoms with Crippen LogP contribution < -0.4 is 10.2 Å². The average Bonchev–Trinajstić information content (AvgIpc) is 3.32. The van der Waals surface area contributed by atoms with Gasteiger partial charge in [0.2, 0.25) is 5.91 Å². The molecule has 1 amide bonds. The lowest BCUT2D eigenvalue weighted by atomic mass is 10.2. The number of piperazine rings is 1. The molecule has 1 aromatic heterocycles. The molecule has 6 nitrogen and oxygen atoms in total. The number of hydrogen-bond acceptors (Lipinski definition) is 5. The molecule has 6 heteroatoms. The van der Waals surface area contributed by atoms with E-state index < -0.39 is 0 Å². The van der Waals surface area contributed by atoms with Crippen LogP contribution in [0.15, 0.2) is 12.1 Å². The molecule has 1 saturated carbocycles. The summed E-state index contributed by atoms with van der Waals surface area (Å²) in [6, 6.07) is 3.95. The van der Waals surface area contributed by atoms with E-state index in [0.717, 1.165) is 50.8 Å². The van der Waals surface area contributed by atoms with Crippen LogP contribution in [-0.4, -0.2) is 53.7 Å². The van der Waals surface area contributed by atoms with Crippen molar-refractivity contribution >= 4 is 17.5 Å². The van der Waals surface area contributed by atoms with Crippen LogP contribution in [0.2, 0.25) is 0 Å². The molecule has 3 rings (SSSR count). The molecule has 1 aliphatic carbocycles. The third-order valence-corrected chi connectivity index (χ3v) is 4.12. The molecular weight excluding hydrogens is 266 g/mol. The molecule has 1 aromatic rings. The Morgan fingerprint density at radius 2 is 2.00 bits per heavy atom. The van der Waals surface area contributed by atoms with Gasteiger partial charge in [0, 0.05) is 39.1 Å². The van der Waals surface area contributed by atoms with Crippen LogP contribution in [0.3, 0.4) is 0 Å². The van der Waals surface area contributed by atoms with E-state index in [0.29, 0.717) is 11.8 Å². The van der Waals surface area contributed by atoms with E-state index in [1.165, 1.54) is 12.8 Å². The Hall–Kier alpha value is -1.85. The molecule has 2 heterocycles. The zero-order valence-electron chi connectivity index (χ0n) is 12.6. The molecule has 0 bridgehead atoms. The normalized spacial score (nSPS) is 18.7. The summed E-state index contributed by atoms with van der Waals surface area (Å²) in [4.78, 5) is 16.3. The van der Waals surface area contributed by atoms with E-state index in [4.69, 9.17) is 0 Å². The van der Waals surface area contributed by atoms with Crippen LogP contribution in [-0.2, 0) is 4.79 Å². The van der Waals surface area contributed by atoms with Gasteiger partial charge in [0.1, 0.15) is 5.82 Å². The molecule has 1 aliphatic heterocycles. The van der Waals surface area contributed by atoms with Crippen LogP contribution in [0.4, 0.5) is 11.6 Å². The Morgan fingerprint density at radius 1 is 1.24 bits per heavy atom. The van der Waals surface area contributed by atoms with Crippen molar-refractivity contribution in [3.05, 3.63) is 12.1 Å². The van der Waals surface area contributed by atoms with Crippen molar-refractivity contribution in [1.82, 2.24) is 15.1 Å². The van der Waals surface area contributed by atoms with Gasteiger partial charge in [0.15, 0.2) is 5.82 Å². The van der Waals surface area contributed by atoms with E-state index in [1.54, 1.807) is 0 Å². The maximum absolute atomic E-state index is 12.1. The first-order valence-corrected chi connectivity index (χ1v) is 7.86. The number of anilines is 2.